The molecule has 0 aliphatic heterocycles. The van der Waals surface area contributed by atoms with Gasteiger partial charge in [-0.3, -0.25) is 4.79 Å². The average Bonchev–Trinajstić information content (AvgIpc) is 3.01. The SMILES string of the molecule is O=c1/c(=C\c2cc(Br)cc(I)c2O)sc2nc3ccccc3n12. The van der Waals surface area contributed by atoms with Crippen LogP contribution in [0.15, 0.2) is 45.7 Å². The number of thiazole rings is 1. The molecule has 0 atom stereocenters. The lowest BCUT2D eigenvalue weighted by Gasteiger charge is -2.02. The second-order valence-electron chi connectivity index (χ2n) is 4.96. The van der Waals surface area contributed by atoms with Crippen molar-refractivity contribution in [3.05, 3.63) is 64.9 Å². The van der Waals surface area contributed by atoms with E-state index in [-0.39, 0.29) is 11.3 Å². The number of para-hydroxylation sites is 2. The zero-order chi connectivity index (χ0) is 16.1. The van der Waals surface area contributed by atoms with E-state index in [2.05, 4.69) is 43.5 Å². The molecule has 7 heteroatoms. The number of hydrogen-bond acceptors (Lipinski definition) is 4. The third kappa shape index (κ3) is 2.47. The van der Waals surface area contributed by atoms with Gasteiger partial charge in [0.05, 0.1) is 19.1 Å². The van der Waals surface area contributed by atoms with Gasteiger partial charge in [-0.1, -0.05) is 39.4 Å². The molecule has 0 radical (unpaired) electrons. The number of imidazole rings is 1. The molecule has 0 unspecified atom stereocenters. The van der Waals surface area contributed by atoms with Crippen molar-refractivity contribution in [2.75, 3.05) is 0 Å². The Morgan fingerprint density at radius 3 is 2.91 bits per heavy atom. The van der Waals surface area contributed by atoms with Gasteiger partial charge in [-0.15, -0.1) is 0 Å². The monoisotopic (exact) mass is 498 g/mol. The topological polar surface area (TPSA) is 54.6 Å². The van der Waals surface area contributed by atoms with Crippen LogP contribution >= 0.6 is 49.9 Å². The van der Waals surface area contributed by atoms with E-state index in [0.717, 1.165) is 19.1 Å². The Hall–Kier alpha value is -1.45. The number of benzene rings is 2. The van der Waals surface area contributed by atoms with Crippen molar-refractivity contribution >= 4 is 71.9 Å². The second kappa shape index (κ2) is 5.57. The number of fused-ring (bicyclic) bond motifs is 3. The zero-order valence-corrected chi connectivity index (χ0v) is 16.0. The van der Waals surface area contributed by atoms with Crippen LogP contribution in [0.1, 0.15) is 5.56 Å². The summed E-state index contributed by atoms with van der Waals surface area (Å²) in [5, 5.41) is 10.2. The zero-order valence-electron chi connectivity index (χ0n) is 11.5. The van der Waals surface area contributed by atoms with Crippen LogP contribution in [0.25, 0.3) is 22.1 Å². The summed E-state index contributed by atoms with van der Waals surface area (Å²) in [4.78, 5) is 17.8. The van der Waals surface area contributed by atoms with Crippen LogP contribution in [0.3, 0.4) is 0 Å². The number of aromatic hydroxyl groups is 1. The molecule has 4 aromatic rings. The van der Waals surface area contributed by atoms with Crippen molar-refractivity contribution in [3.63, 3.8) is 0 Å². The molecule has 2 heterocycles. The van der Waals surface area contributed by atoms with Crippen LogP contribution in [-0.4, -0.2) is 14.5 Å². The number of aromatic nitrogens is 2. The predicted molar refractivity (Wildman–Crippen MR) is 104 cm³/mol. The number of nitrogens with zero attached hydrogens (tertiary/aromatic N) is 2. The predicted octanol–water partition coefficient (Wildman–Crippen LogP) is 3.53. The Morgan fingerprint density at radius 2 is 2.09 bits per heavy atom. The van der Waals surface area contributed by atoms with Crippen molar-refractivity contribution in [3.8, 4) is 5.75 Å². The summed E-state index contributed by atoms with van der Waals surface area (Å²) in [5.74, 6) is 0.170. The molecule has 0 spiro atoms. The minimum Gasteiger partial charge on any atom is -0.506 e. The molecule has 0 saturated heterocycles. The van der Waals surface area contributed by atoms with Gasteiger partial charge in [0.25, 0.3) is 5.56 Å². The summed E-state index contributed by atoms with van der Waals surface area (Å²) in [5.41, 5.74) is 2.10. The van der Waals surface area contributed by atoms with E-state index < -0.39 is 0 Å². The number of phenols is 1. The molecule has 0 fully saturated rings. The van der Waals surface area contributed by atoms with Crippen molar-refractivity contribution in [1.82, 2.24) is 9.38 Å². The molecule has 2 aromatic heterocycles. The van der Waals surface area contributed by atoms with Gasteiger partial charge in [0.15, 0.2) is 4.96 Å². The molecule has 23 heavy (non-hydrogen) atoms. The highest BCUT2D eigenvalue weighted by atomic mass is 127. The molecule has 2 aromatic carbocycles. The largest absolute Gasteiger partial charge is 0.506 e. The van der Waals surface area contributed by atoms with Gasteiger partial charge in [-0.05, 0) is 52.9 Å². The summed E-state index contributed by atoms with van der Waals surface area (Å²) in [6.07, 6.45) is 1.71. The van der Waals surface area contributed by atoms with Crippen LogP contribution in [0.4, 0.5) is 0 Å². The minimum atomic E-state index is -0.118. The Kier molecular flexibility index (Phi) is 3.66. The summed E-state index contributed by atoms with van der Waals surface area (Å²) in [6, 6.07) is 11.2. The standard InChI is InChI=1S/C16H8BrIN2O2S/c17-9-5-8(14(21)10(18)7-9)6-13-15(22)20-12-4-2-1-3-11(12)19-16(20)23-13/h1-7,21H/b13-6+. The van der Waals surface area contributed by atoms with Crippen LogP contribution < -0.4 is 10.1 Å². The van der Waals surface area contributed by atoms with E-state index in [1.165, 1.54) is 11.3 Å². The molecule has 4 rings (SSSR count). The average molecular weight is 499 g/mol. The molecular weight excluding hydrogens is 491 g/mol. The lowest BCUT2D eigenvalue weighted by atomic mass is 10.2. The third-order valence-corrected chi connectivity index (χ3v) is 5.74. The first-order valence-corrected chi connectivity index (χ1v) is 9.33. The number of rotatable bonds is 1. The summed E-state index contributed by atoms with van der Waals surface area (Å²) < 4.78 is 3.74. The van der Waals surface area contributed by atoms with E-state index in [0.29, 0.717) is 15.1 Å². The first-order valence-electron chi connectivity index (χ1n) is 6.64. The van der Waals surface area contributed by atoms with Crippen molar-refractivity contribution in [2.24, 2.45) is 0 Å². The first-order chi connectivity index (χ1) is 11.0. The Bertz CT molecular complexity index is 1180. The fraction of sp³-hybridized carbons (Fsp3) is 0. The lowest BCUT2D eigenvalue weighted by Crippen LogP contribution is -2.22. The van der Waals surface area contributed by atoms with Gasteiger partial charge in [-0.2, -0.15) is 0 Å². The first kappa shape index (κ1) is 15.1. The highest BCUT2D eigenvalue weighted by Gasteiger charge is 2.12. The molecule has 114 valence electrons. The van der Waals surface area contributed by atoms with Gasteiger partial charge < -0.3 is 5.11 Å². The normalized spacial score (nSPS) is 12.5. The maximum Gasteiger partial charge on any atom is 0.274 e. The van der Waals surface area contributed by atoms with Gasteiger partial charge in [-0.25, -0.2) is 9.38 Å². The molecule has 0 aliphatic rings. The van der Waals surface area contributed by atoms with E-state index in [4.69, 9.17) is 0 Å². The van der Waals surface area contributed by atoms with E-state index >= 15 is 0 Å². The molecule has 1 N–H and O–H groups in total. The van der Waals surface area contributed by atoms with E-state index in [1.54, 1.807) is 16.5 Å². The fourth-order valence-electron chi connectivity index (χ4n) is 2.45. The minimum absolute atomic E-state index is 0.118. The van der Waals surface area contributed by atoms with Crippen LogP contribution in [0, 0.1) is 3.57 Å². The van der Waals surface area contributed by atoms with Crippen LogP contribution in [0.2, 0.25) is 0 Å². The highest BCUT2D eigenvalue weighted by Crippen LogP contribution is 2.29. The number of phenolic OH excluding ortho intramolecular Hbond substituents is 1. The lowest BCUT2D eigenvalue weighted by molar-refractivity contribution is 0.470. The van der Waals surface area contributed by atoms with Crippen molar-refractivity contribution < 1.29 is 5.11 Å². The Morgan fingerprint density at radius 1 is 1.30 bits per heavy atom. The van der Waals surface area contributed by atoms with Gasteiger partial charge in [0.1, 0.15) is 5.75 Å². The number of halogens is 2. The third-order valence-electron chi connectivity index (χ3n) is 3.49. The maximum atomic E-state index is 12.7. The molecule has 4 nitrogen and oxygen atoms in total. The smallest absolute Gasteiger partial charge is 0.274 e. The fourth-order valence-corrected chi connectivity index (χ4v) is 4.98. The Labute approximate surface area is 156 Å². The molecule has 0 bridgehead atoms. The van der Waals surface area contributed by atoms with Crippen LogP contribution in [0.5, 0.6) is 5.75 Å². The van der Waals surface area contributed by atoms with Crippen molar-refractivity contribution in [2.45, 2.75) is 0 Å². The van der Waals surface area contributed by atoms with Gasteiger partial charge >= 0.3 is 0 Å². The quantitative estimate of drug-likeness (QED) is 0.408. The molecule has 0 aliphatic carbocycles. The summed E-state index contributed by atoms with van der Waals surface area (Å²) in [6.45, 7) is 0. The Balaban J connectivity index is 2.04. The second-order valence-corrected chi connectivity index (χ2v) is 8.05. The molecule has 0 saturated carbocycles. The summed E-state index contributed by atoms with van der Waals surface area (Å²) in [7, 11) is 0. The van der Waals surface area contributed by atoms with Gasteiger partial charge in [0.2, 0.25) is 0 Å². The summed E-state index contributed by atoms with van der Waals surface area (Å²) >= 11 is 6.79. The van der Waals surface area contributed by atoms with Crippen molar-refractivity contribution in [1.29, 1.82) is 0 Å². The highest BCUT2D eigenvalue weighted by molar-refractivity contribution is 14.1. The molecule has 0 amide bonds. The van der Waals surface area contributed by atoms with Gasteiger partial charge in [0, 0.05) is 10.0 Å². The number of hydrogen-bond donors (Lipinski definition) is 1. The maximum absolute atomic E-state index is 12.7. The van der Waals surface area contributed by atoms with E-state index in [1.807, 2.05) is 30.3 Å². The molecular formula is C16H8BrIN2O2S. The van der Waals surface area contributed by atoms with E-state index in [9.17, 15) is 9.90 Å². The van der Waals surface area contributed by atoms with Crippen LogP contribution in [-0.2, 0) is 0 Å².